The maximum atomic E-state index is 5.33. The predicted molar refractivity (Wildman–Crippen MR) is 68.9 cm³/mol. The summed E-state index contributed by atoms with van der Waals surface area (Å²) in [6, 6.07) is 0.685. The van der Waals surface area contributed by atoms with Gasteiger partial charge in [-0.15, -0.1) is 0 Å². The van der Waals surface area contributed by atoms with Crippen molar-refractivity contribution in [3.63, 3.8) is 0 Å². The van der Waals surface area contributed by atoms with Crippen molar-refractivity contribution in [3.8, 4) is 0 Å². The molecule has 16 heavy (non-hydrogen) atoms. The van der Waals surface area contributed by atoms with Crippen molar-refractivity contribution in [2.75, 3.05) is 39.4 Å². The lowest BCUT2D eigenvalue weighted by molar-refractivity contribution is 0.0374. The minimum absolute atomic E-state index is 0.685. The summed E-state index contributed by atoms with van der Waals surface area (Å²) in [4.78, 5) is 2.50. The second-order valence-electron chi connectivity index (χ2n) is 4.80. The molecule has 0 aromatic carbocycles. The Morgan fingerprint density at radius 1 is 1.25 bits per heavy atom. The van der Waals surface area contributed by atoms with Crippen molar-refractivity contribution in [1.82, 2.24) is 10.2 Å². The van der Waals surface area contributed by atoms with Crippen molar-refractivity contribution in [2.45, 2.75) is 45.6 Å². The van der Waals surface area contributed by atoms with E-state index in [-0.39, 0.29) is 0 Å². The summed E-state index contributed by atoms with van der Waals surface area (Å²) < 4.78 is 5.33. The number of hydrogen-bond donors (Lipinski definition) is 1. The number of rotatable bonds is 8. The smallest absolute Gasteiger partial charge is 0.0594 e. The van der Waals surface area contributed by atoms with Crippen LogP contribution in [0.1, 0.15) is 39.5 Å². The molecule has 1 fully saturated rings. The molecule has 1 atom stereocenters. The molecule has 1 unspecified atom stereocenters. The SMILES string of the molecule is CCCCC(C)NCCCN1CCOCC1. The Morgan fingerprint density at radius 3 is 2.69 bits per heavy atom. The van der Waals surface area contributed by atoms with Crippen molar-refractivity contribution in [1.29, 1.82) is 0 Å². The molecule has 1 rings (SSSR count). The fraction of sp³-hybridized carbons (Fsp3) is 1.00. The first-order valence-electron chi connectivity index (χ1n) is 6.86. The highest BCUT2D eigenvalue weighted by Crippen LogP contribution is 2.00. The lowest BCUT2D eigenvalue weighted by atomic mass is 10.1. The molecule has 0 radical (unpaired) electrons. The Hall–Kier alpha value is -0.120. The Balaban J connectivity index is 1.90. The van der Waals surface area contributed by atoms with E-state index in [1.54, 1.807) is 0 Å². The summed E-state index contributed by atoms with van der Waals surface area (Å²) in [6.45, 7) is 11.0. The molecular formula is C13H28N2O. The average Bonchev–Trinajstić information content (AvgIpc) is 2.33. The molecule has 0 saturated carbocycles. The molecular weight excluding hydrogens is 200 g/mol. The summed E-state index contributed by atoms with van der Waals surface area (Å²) in [6.07, 6.45) is 5.22. The molecule has 1 saturated heterocycles. The quantitative estimate of drug-likeness (QED) is 0.642. The van der Waals surface area contributed by atoms with Crippen LogP contribution in [0, 0.1) is 0 Å². The van der Waals surface area contributed by atoms with Crippen LogP contribution in [0.4, 0.5) is 0 Å². The van der Waals surface area contributed by atoms with Gasteiger partial charge in [0, 0.05) is 19.1 Å². The lowest BCUT2D eigenvalue weighted by Crippen LogP contribution is -2.38. The largest absolute Gasteiger partial charge is 0.379 e. The van der Waals surface area contributed by atoms with Gasteiger partial charge in [-0.05, 0) is 32.9 Å². The zero-order valence-electron chi connectivity index (χ0n) is 11.0. The van der Waals surface area contributed by atoms with E-state index in [2.05, 4.69) is 24.1 Å². The van der Waals surface area contributed by atoms with Crippen molar-refractivity contribution in [3.05, 3.63) is 0 Å². The highest BCUT2D eigenvalue weighted by Gasteiger charge is 2.09. The molecule has 1 aliphatic heterocycles. The van der Waals surface area contributed by atoms with Crippen LogP contribution in [0.5, 0.6) is 0 Å². The van der Waals surface area contributed by atoms with E-state index in [1.807, 2.05) is 0 Å². The summed E-state index contributed by atoms with van der Waals surface area (Å²) in [5.41, 5.74) is 0. The third-order valence-electron chi connectivity index (χ3n) is 3.24. The van der Waals surface area contributed by atoms with Crippen LogP contribution >= 0.6 is 0 Å². The van der Waals surface area contributed by atoms with E-state index in [4.69, 9.17) is 4.74 Å². The number of nitrogens with zero attached hydrogens (tertiary/aromatic N) is 1. The van der Waals surface area contributed by atoms with Gasteiger partial charge in [0.1, 0.15) is 0 Å². The van der Waals surface area contributed by atoms with Crippen molar-refractivity contribution < 1.29 is 4.74 Å². The first-order chi connectivity index (χ1) is 7.83. The highest BCUT2D eigenvalue weighted by atomic mass is 16.5. The molecule has 0 bridgehead atoms. The van der Waals surface area contributed by atoms with E-state index in [9.17, 15) is 0 Å². The molecule has 0 aromatic rings. The van der Waals surface area contributed by atoms with Gasteiger partial charge >= 0.3 is 0 Å². The predicted octanol–water partition coefficient (Wildman–Crippen LogP) is 1.88. The number of hydrogen-bond acceptors (Lipinski definition) is 3. The van der Waals surface area contributed by atoms with Crippen LogP contribution < -0.4 is 5.32 Å². The standard InChI is InChI=1S/C13H28N2O/c1-3-4-6-13(2)14-7-5-8-15-9-11-16-12-10-15/h13-14H,3-12H2,1-2H3. The average molecular weight is 228 g/mol. The Morgan fingerprint density at radius 2 is 2.00 bits per heavy atom. The number of morpholine rings is 1. The summed E-state index contributed by atoms with van der Waals surface area (Å²) in [5, 5.41) is 3.60. The minimum atomic E-state index is 0.685. The highest BCUT2D eigenvalue weighted by molar-refractivity contribution is 4.64. The van der Waals surface area contributed by atoms with E-state index < -0.39 is 0 Å². The van der Waals surface area contributed by atoms with Gasteiger partial charge in [0.2, 0.25) is 0 Å². The second-order valence-corrected chi connectivity index (χ2v) is 4.80. The lowest BCUT2D eigenvalue weighted by Gasteiger charge is -2.26. The molecule has 0 aromatic heterocycles. The van der Waals surface area contributed by atoms with Crippen LogP contribution in [0.2, 0.25) is 0 Å². The van der Waals surface area contributed by atoms with E-state index in [1.165, 1.54) is 32.2 Å². The van der Waals surface area contributed by atoms with Gasteiger partial charge in [0.25, 0.3) is 0 Å². The van der Waals surface area contributed by atoms with Gasteiger partial charge in [-0.2, -0.15) is 0 Å². The van der Waals surface area contributed by atoms with Crippen LogP contribution in [0.25, 0.3) is 0 Å². The molecule has 0 amide bonds. The summed E-state index contributed by atoms with van der Waals surface area (Å²) in [7, 11) is 0. The zero-order valence-corrected chi connectivity index (χ0v) is 11.0. The zero-order chi connectivity index (χ0) is 11.6. The van der Waals surface area contributed by atoms with Gasteiger partial charge in [-0.25, -0.2) is 0 Å². The topological polar surface area (TPSA) is 24.5 Å². The fourth-order valence-corrected chi connectivity index (χ4v) is 2.09. The molecule has 3 nitrogen and oxygen atoms in total. The monoisotopic (exact) mass is 228 g/mol. The van der Waals surface area contributed by atoms with Crippen LogP contribution in [-0.4, -0.2) is 50.3 Å². The van der Waals surface area contributed by atoms with E-state index >= 15 is 0 Å². The van der Waals surface area contributed by atoms with Gasteiger partial charge in [0.15, 0.2) is 0 Å². The number of nitrogens with one attached hydrogen (secondary N) is 1. The fourth-order valence-electron chi connectivity index (χ4n) is 2.09. The minimum Gasteiger partial charge on any atom is -0.379 e. The first-order valence-corrected chi connectivity index (χ1v) is 6.86. The van der Waals surface area contributed by atoms with Crippen molar-refractivity contribution in [2.24, 2.45) is 0 Å². The Kier molecular flexibility index (Phi) is 7.81. The van der Waals surface area contributed by atoms with Crippen LogP contribution in [0.15, 0.2) is 0 Å². The maximum Gasteiger partial charge on any atom is 0.0594 e. The third-order valence-corrected chi connectivity index (χ3v) is 3.24. The molecule has 0 spiro atoms. The molecule has 1 aliphatic rings. The normalized spacial score (nSPS) is 19.9. The van der Waals surface area contributed by atoms with Crippen molar-refractivity contribution >= 4 is 0 Å². The molecule has 96 valence electrons. The van der Waals surface area contributed by atoms with Gasteiger partial charge in [0.05, 0.1) is 13.2 Å². The maximum absolute atomic E-state index is 5.33. The molecule has 1 heterocycles. The van der Waals surface area contributed by atoms with Gasteiger partial charge in [-0.3, -0.25) is 4.90 Å². The summed E-state index contributed by atoms with van der Waals surface area (Å²) >= 11 is 0. The van der Waals surface area contributed by atoms with Crippen LogP contribution in [-0.2, 0) is 4.74 Å². The summed E-state index contributed by atoms with van der Waals surface area (Å²) in [5.74, 6) is 0. The third kappa shape index (κ3) is 6.46. The Labute approximate surface area is 101 Å². The second kappa shape index (κ2) is 8.97. The van der Waals surface area contributed by atoms with E-state index in [0.717, 1.165) is 32.8 Å². The van der Waals surface area contributed by atoms with E-state index in [0.29, 0.717) is 6.04 Å². The molecule has 1 N–H and O–H groups in total. The van der Waals surface area contributed by atoms with Gasteiger partial charge < -0.3 is 10.1 Å². The van der Waals surface area contributed by atoms with Crippen LogP contribution in [0.3, 0.4) is 0 Å². The molecule has 3 heteroatoms. The number of unbranched alkanes of at least 4 members (excludes halogenated alkanes) is 1. The molecule has 0 aliphatic carbocycles. The first kappa shape index (κ1) is 13.9. The number of ether oxygens (including phenoxy) is 1. The van der Waals surface area contributed by atoms with Gasteiger partial charge in [-0.1, -0.05) is 19.8 Å². The Bertz CT molecular complexity index is 158.